The van der Waals surface area contributed by atoms with Crippen LogP contribution in [0, 0.1) is 5.92 Å². The van der Waals surface area contributed by atoms with Crippen molar-refractivity contribution in [3.63, 3.8) is 0 Å². The number of fused-ring (bicyclic) bond motifs is 1. The molecule has 1 unspecified atom stereocenters. The molecule has 2 aromatic rings. The van der Waals surface area contributed by atoms with Crippen molar-refractivity contribution >= 4 is 27.0 Å². The zero-order chi connectivity index (χ0) is 17.1. The number of hydrogen-bond donors (Lipinski definition) is 2. The van der Waals surface area contributed by atoms with Gasteiger partial charge in [0.1, 0.15) is 5.65 Å². The van der Waals surface area contributed by atoms with Crippen molar-refractivity contribution in [1.82, 2.24) is 14.5 Å². The van der Waals surface area contributed by atoms with E-state index in [2.05, 4.69) is 25.9 Å². The molecule has 2 N–H and O–H groups in total. The third-order valence-corrected chi connectivity index (χ3v) is 4.40. The lowest BCUT2D eigenvalue weighted by atomic mass is 9.98. The number of aromatic nitrogens is 3. The monoisotopic (exact) mass is 383 g/mol. The Kier molecular flexibility index (Phi) is 5.75. The lowest BCUT2D eigenvalue weighted by molar-refractivity contribution is 0.151. The van der Waals surface area contributed by atoms with Gasteiger partial charge in [-0.3, -0.25) is 14.3 Å². The normalized spacial score (nSPS) is 13.0. The zero-order valence-electron chi connectivity index (χ0n) is 13.6. The van der Waals surface area contributed by atoms with Gasteiger partial charge in [0.25, 0.3) is 5.56 Å². The van der Waals surface area contributed by atoms with Gasteiger partial charge in [-0.05, 0) is 34.7 Å². The van der Waals surface area contributed by atoms with Gasteiger partial charge in [0.05, 0.1) is 11.5 Å². The fourth-order valence-electron chi connectivity index (χ4n) is 2.62. The van der Waals surface area contributed by atoms with E-state index in [4.69, 9.17) is 0 Å². The molecule has 2 rings (SSSR count). The number of H-pyrrole nitrogens is 1. The first-order chi connectivity index (χ1) is 10.9. The van der Waals surface area contributed by atoms with Crippen molar-refractivity contribution in [2.75, 3.05) is 0 Å². The standard InChI is InChI=1S/C16H22BrN3O3/c1-4-5-6-20-15(22)13-12(11(21)7-9(2)3)10(17)8-18-14(13)19-16(20)23/h8-9,11,21H,4-7H2,1-3H3,(H,18,19,23). The van der Waals surface area contributed by atoms with Crippen LogP contribution in [0.4, 0.5) is 0 Å². The lowest BCUT2D eigenvalue weighted by Crippen LogP contribution is -2.36. The molecule has 0 saturated heterocycles. The highest BCUT2D eigenvalue weighted by Gasteiger charge is 2.21. The third kappa shape index (κ3) is 3.72. The molecule has 0 fully saturated rings. The van der Waals surface area contributed by atoms with E-state index in [1.165, 1.54) is 10.8 Å². The molecule has 0 aliphatic rings. The minimum Gasteiger partial charge on any atom is -0.388 e. The van der Waals surface area contributed by atoms with E-state index in [0.717, 1.165) is 12.8 Å². The molecule has 0 saturated carbocycles. The predicted molar refractivity (Wildman–Crippen MR) is 93.6 cm³/mol. The summed E-state index contributed by atoms with van der Waals surface area (Å²) in [6.07, 6.45) is 2.84. The Balaban J connectivity index is 2.73. The molecule has 0 aliphatic heterocycles. The number of halogens is 1. The molecule has 0 radical (unpaired) electrons. The topological polar surface area (TPSA) is 88.0 Å². The number of pyridine rings is 1. The summed E-state index contributed by atoms with van der Waals surface area (Å²) in [6.45, 7) is 6.35. The fourth-order valence-corrected chi connectivity index (χ4v) is 3.18. The minimum absolute atomic E-state index is 0.216. The van der Waals surface area contributed by atoms with Crippen molar-refractivity contribution < 1.29 is 5.11 Å². The molecule has 2 heterocycles. The maximum atomic E-state index is 12.8. The first-order valence-corrected chi connectivity index (χ1v) is 8.65. The third-order valence-electron chi connectivity index (χ3n) is 3.76. The molecule has 7 heteroatoms. The van der Waals surface area contributed by atoms with E-state index in [9.17, 15) is 14.7 Å². The van der Waals surface area contributed by atoms with Crippen LogP contribution in [0.25, 0.3) is 11.0 Å². The van der Waals surface area contributed by atoms with Crippen LogP contribution in [-0.4, -0.2) is 19.6 Å². The van der Waals surface area contributed by atoms with Gasteiger partial charge < -0.3 is 5.11 Å². The number of aliphatic hydroxyl groups is 1. The molecule has 126 valence electrons. The van der Waals surface area contributed by atoms with Crippen LogP contribution in [0.1, 0.15) is 51.7 Å². The van der Waals surface area contributed by atoms with Crippen LogP contribution < -0.4 is 11.2 Å². The van der Waals surface area contributed by atoms with Gasteiger partial charge in [-0.15, -0.1) is 0 Å². The molecule has 1 atom stereocenters. The van der Waals surface area contributed by atoms with Crippen LogP contribution in [0.5, 0.6) is 0 Å². The smallest absolute Gasteiger partial charge is 0.329 e. The van der Waals surface area contributed by atoms with E-state index < -0.39 is 17.4 Å². The van der Waals surface area contributed by atoms with Crippen molar-refractivity contribution in [3.8, 4) is 0 Å². The van der Waals surface area contributed by atoms with Crippen LogP contribution >= 0.6 is 15.9 Å². The second kappa shape index (κ2) is 7.40. The lowest BCUT2D eigenvalue weighted by Gasteiger charge is -2.17. The second-order valence-electron chi connectivity index (χ2n) is 6.13. The first-order valence-electron chi connectivity index (χ1n) is 7.86. The van der Waals surface area contributed by atoms with Gasteiger partial charge >= 0.3 is 5.69 Å². The average molecular weight is 384 g/mol. The average Bonchev–Trinajstić information content (AvgIpc) is 2.47. The molecule has 2 aromatic heterocycles. The maximum absolute atomic E-state index is 12.8. The molecular weight excluding hydrogens is 362 g/mol. The van der Waals surface area contributed by atoms with Gasteiger partial charge in [0.2, 0.25) is 0 Å². The molecular formula is C16H22BrN3O3. The molecule has 0 aliphatic carbocycles. The van der Waals surface area contributed by atoms with Crippen LogP contribution in [0.2, 0.25) is 0 Å². The summed E-state index contributed by atoms with van der Waals surface area (Å²) in [5, 5.41) is 10.8. The van der Waals surface area contributed by atoms with Crippen molar-refractivity contribution in [1.29, 1.82) is 0 Å². The highest BCUT2D eigenvalue weighted by atomic mass is 79.9. The fraction of sp³-hybridized carbons (Fsp3) is 0.562. The van der Waals surface area contributed by atoms with Gasteiger partial charge in [0.15, 0.2) is 0 Å². The SMILES string of the molecule is CCCCn1c(=O)[nH]c2ncc(Br)c(C(O)CC(C)C)c2c1=O. The van der Waals surface area contributed by atoms with Gasteiger partial charge in [0, 0.05) is 22.8 Å². The number of nitrogens with zero attached hydrogens (tertiary/aromatic N) is 2. The summed E-state index contributed by atoms with van der Waals surface area (Å²) in [6, 6.07) is 0. The van der Waals surface area contributed by atoms with E-state index in [1.54, 1.807) is 0 Å². The Morgan fingerprint density at radius 2 is 2.09 bits per heavy atom. The molecule has 23 heavy (non-hydrogen) atoms. The van der Waals surface area contributed by atoms with Crippen molar-refractivity contribution in [2.45, 2.75) is 52.7 Å². The molecule has 0 bridgehead atoms. The quantitative estimate of drug-likeness (QED) is 0.802. The van der Waals surface area contributed by atoms with E-state index >= 15 is 0 Å². The Morgan fingerprint density at radius 1 is 1.39 bits per heavy atom. The summed E-state index contributed by atoms with van der Waals surface area (Å²) in [5.41, 5.74) is -0.150. The van der Waals surface area contributed by atoms with E-state index in [1.807, 2.05) is 20.8 Å². The first kappa shape index (κ1) is 17.9. The molecule has 6 nitrogen and oxygen atoms in total. The Bertz CT molecular complexity index is 811. The van der Waals surface area contributed by atoms with Crippen molar-refractivity contribution in [2.24, 2.45) is 5.92 Å². The van der Waals surface area contributed by atoms with Crippen LogP contribution in [0.3, 0.4) is 0 Å². The summed E-state index contributed by atoms with van der Waals surface area (Å²) < 4.78 is 1.76. The molecule has 0 spiro atoms. The molecule has 0 amide bonds. The highest BCUT2D eigenvalue weighted by Crippen LogP contribution is 2.31. The van der Waals surface area contributed by atoms with Crippen molar-refractivity contribution in [3.05, 3.63) is 37.1 Å². The van der Waals surface area contributed by atoms with E-state index in [-0.39, 0.29) is 17.0 Å². The maximum Gasteiger partial charge on any atom is 0.329 e. The zero-order valence-corrected chi connectivity index (χ0v) is 15.2. The van der Waals surface area contributed by atoms with Crippen LogP contribution in [-0.2, 0) is 6.54 Å². The number of aliphatic hydroxyl groups excluding tert-OH is 1. The number of aromatic amines is 1. The van der Waals surface area contributed by atoms with Crippen LogP contribution in [0.15, 0.2) is 20.3 Å². The Morgan fingerprint density at radius 3 is 2.70 bits per heavy atom. The Hall–Kier alpha value is -1.47. The molecule has 0 aromatic carbocycles. The summed E-state index contributed by atoms with van der Waals surface area (Å²) >= 11 is 3.38. The van der Waals surface area contributed by atoms with E-state index in [0.29, 0.717) is 23.0 Å². The summed E-state index contributed by atoms with van der Waals surface area (Å²) in [4.78, 5) is 31.7. The number of unbranched alkanes of at least 4 members (excludes halogenated alkanes) is 1. The van der Waals surface area contributed by atoms with Gasteiger partial charge in [-0.1, -0.05) is 27.2 Å². The number of nitrogens with one attached hydrogen (secondary N) is 1. The predicted octanol–water partition coefficient (Wildman–Crippen LogP) is 2.73. The summed E-state index contributed by atoms with van der Waals surface area (Å²) in [5.74, 6) is 0.269. The summed E-state index contributed by atoms with van der Waals surface area (Å²) in [7, 11) is 0. The van der Waals surface area contributed by atoms with Gasteiger partial charge in [-0.25, -0.2) is 9.78 Å². The number of rotatable bonds is 6. The highest BCUT2D eigenvalue weighted by molar-refractivity contribution is 9.10. The second-order valence-corrected chi connectivity index (χ2v) is 6.98. The number of hydrogen-bond acceptors (Lipinski definition) is 4. The van der Waals surface area contributed by atoms with Gasteiger partial charge in [-0.2, -0.15) is 0 Å². The Labute approximate surface area is 142 Å². The minimum atomic E-state index is -0.798. The largest absolute Gasteiger partial charge is 0.388 e.